The van der Waals surface area contributed by atoms with Gasteiger partial charge in [0.25, 0.3) is 0 Å². The Morgan fingerprint density at radius 2 is 1.40 bits per heavy atom. The highest BCUT2D eigenvalue weighted by Gasteiger charge is 2.26. The first kappa shape index (κ1) is 25.2. The van der Waals surface area contributed by atoms with E-state index in [1.54, 1.807) is 0 Å². The van der Waals surface area contributed by atoms with Crippen molar-refractivity contribution in [2.45, 2.75) is 12.8 Å². The van der Waals surface area contributed by atoms with E-state index < -0.39 is 0 Å². The standard InChI is InChI=1S/C39H28N2O2/c1-40-39(30-18-11-21-35-37(30)36-28(17-10-20-34(36)43-35)25-12-4-2-5-13-25)41-38(26-14-6-3-7-15-26)27-22-23-33-31(24-27)29-16-8-9-19-32(29)42-33/h2-10,12-20,22-24H,11,21H2,1H3/b40-39-,41-38-. The van der Waals surface area contributed by atoms with E-state index >= 15 is 0 Å². The van der Waals surface area contributed by atoms with Gasteiger partial charge in [-0.3, -0.25) is 4.99 Å². The third-order valence-corrected chi connectivity index (χ3v) is 8.23. The number of benzene rings is 5. The lowest BCUT2D eigenvalue weighted by molar-refractivity contribution is 0.546. The molecule has 206 valence electrons. The number of para-hydroxylation sites is 1. The van der Waals surface area contributed by atoms with Crippen LogP contribution in [-0.4, -0.2) is 18.6 Å². The molecule has 0 atom stereocenters. The van der Waals surface area contributed by atoms with Crippen LogP contribution in [0.15, 0.2) is 146 Å². The number of hydrogen-bond acceptors (Lipinski definition) is 3. The molecule has 0 aliphatic heterocycles. The predicted molar refractivity (Wildman–Crippen MR) is 177 cm³/mol. The van der Waals surface area contributed by atoms with Crippen LogP contribution in [0.5, 0.6) is 0 Å². The Bertz CT molecular complexity index is 2230. The third kappa shape index (κ3) is 4.31. The Labute approximate surface area is 249 Å². The number of furan rings is 2. The Hall–Kier alpha value is -5.48. The summed E-state index contributed by atoms with van der Waals surface area (Å²) in [5.41, 5.74) is 9.92. The molecular formula is C39H28N2O2. The molecule has 4 nitrogen and oxygen atoms in total. The average molecular weight is 557 g/mol. The summed E-state index contributed by atoms with van der Waals surface area (Å²) >= 11 is 0. The highest BCUT2D eigenvalue weighted by atomic mass is 16.3. The predicted octanol–water partition coefficient (Wildman–Crippen LogP) is 9.89. The second-order valence-corrected chi connectivity index (χ2v) is 10.8. The van der Waals surface area contributed by atoms with Crippen LogP contribution >= 0.6 is 0 Å². The van der Waals surface area contributed by atoms with Crippen LogP contribution in [0.25, 0.3) is 49.6 Å². The van der Waals surface area contributed by atoms with Crippen LogP contribution in [0.1, 0.15) is 28.9 Å². The molecule has 8 rings (SSSR count). The van der Waals surface area contributed by atoms with Gasteiger partial charge in [-0.1, -0.05) is 97.1 Å². The molecule has 0 saturated heterocycles. The van der Waals surface area contributed by atoms with Gasteiger partial charge in [0, 0.05) is 51.9 Å². The Kier molecular flexibility index (Phi) is 6.11. The normalized spacial score (nSPS) is 13.9. The molecule has 43 heavy (non-hydrogen) atoms. The van der Waals surface area contributed by atoms with E-state index in [1.165, 1.54) is 0 Å². The van der Waals surface area contributed by atoms with Crippen molar-refractivity contribution in [2.75, 3.05) is 7.05 Å². The Morgan fingerprint density at radius 3 is 2.23 bits per heavy atom. The fourth-order valence-corrected chi connectivity index (χ4v) is 6.27. The number of fused-ring (bicyclic) bond motifs is 6. The molecule has 0 N–H and O–H groups in total. The minimum absolute atomic E-state index is 0.683. The highest BCUT2D eigenvalue weighted by Crippen LogP contribution is 2.42. The van der Waals surface area contributed by atoms with Gasteiger partial charge in [0.05, 0.1) is 5.71 Å². The molecule has 0 saturated carbocycles. The molecule has 0 fully saturated rings. The van der Waals surface area contributed by atoms with Crippen LogP contribution < -0.4 is 0 Å². The average Bonchev–Trinajstić information content (AvgIpc) is 3.64. The van der Waals surface area contributed by atoms with E-state index in [2.05, 4.69) is 78.9 Å². The number of nitrogens with zero attached hydrogens (tertiary/aromatic N) is 2. The quantitative estimate of drug-likeness (QED) is 0.160. The van der Waals surface area contributed by atoms with Gasteiger partial charge in [0.2, 0.25) is 0 Å². The summed E-state index contributed by atoms with van der Waals surface area (Å²) in [5.74, 6) is 1.67. The second kappa shape index (κ2) is 10.4. The SMILES string of the molecule is C/N=C(\N=C(\c1ccccc1)c1ccc2oc3ccccc3c2c1)C1=CCCc2oc3cccc(-c4ccccc4)c3c21. The molecule has 0 radical (unpaired) electrons. The molecule has 0 spiro atoms. The van der Waals surface area contributed by atoms with Crippen LogP contribution in [0, 0.1) is 0 Å². The zero-order chi connectivity index (χ0) is 28.8. The monoisotopic (exact) mass is 556 g/mol. The van der Waals surface area contributed by atoms with Gasteiger partial charge in [-0.2, -0.15) is 0 Å². The minimum atomic E-state index is 0.683. The summed E-state index contributed by atoms with van der Waals surface area (Å²) in [7, 11) is 1.82. The molecular weight excluding hydrogens is 528 g/mol. The lowest BCUT2D eigenvalue weighted by Gasteiger charge is -2.16. The number of aliphatic imine (C=N–C) groups is 2. The molecule has 1 aliphatic carbocycles. The van der Waals surface area contributed by atoms with E-state index in [9.17, 15) is 0 Å². The molecule has 4 heteroatoms. The topological polar surface area (TPSA) is 51.0 Å². The first-order chi connectivity index (χ1) is 21.3. The minimum Gasteiger partial charge on any atom is -0.460 e. The maximum atomic E-state index is 6.48. The number of aryl methyl sites for hydroxylation is 1. The molecule has 2 aromatic heterocycles. The van der Waals surface area contributed by atoms with E-state index in [-0.39, 0.29) is 0 Å². The van der Waals surface area contributed by atoms with E-state index in [0.717, 1.165) is 90.6 Å². The van der Waals surface area contributed by atoms with Crippen molar-refractivity contribution in [1.82, 2.24) is 0 Å². The van der Waals surface area contributed by atoms with Crippen molar-refractivity contribution in [2.24, 2.45) is 9.98 Å². The summed E-state index contributed by atoms with van der Waals surface area (Å²) in [6.07, 6.45) is 3.98. The highest BCUT2D eigenvalue weighted by molar-refractivity contribution is 6.32. The lowest BCUT2D eigenvalue weighted by atomic mass is 9.89. The van der Waals surface area contributed by atoms with Gasteiger partial charge >= 0.3 is 0 Å². The zero-order valence-corrected chi connectivity index (χ0v) is 23.7. The maximum Gasteiger partial charge on any atom is 0.155 e. The number of allylic oxidation sites excluding steroid dienone is 1. The Morgan fingerprint density at radius 1 is 0.651 bits per heavy atom. The van der Waals surface area contributed by atoms with Crippen LogP contribution in [0.3, 0.4) is 0 Å². The first-order valence-corrected chi connectivity index (χ1v) is 14.6. The maximum absolute atomic E-state index is 6.48. The molecule has 0 amide bonds. The van der Waals surface area contributed by atoms with Gasteiger partial charge < -0.3 is 8.83 Å². The number of rotatable bonds is 4. The van der Waals surface area contributed by atoms with Crippen LogP contribution in [-0.2, 0) is 6.42 Å². The van der Waals surface area contributed by atoms with Crippen molar-refractivity contribution in [3.05, 3.63) is 150 Å². The van der Waals surface area contributed by atoms with E-state index in [4.69, 9.17) is 18.8 Å². The van der Waals surface area contributed by atoms with Crippen molar-refractivity contribution in [1.29, 1.82) is 0 Å². The molecule has 5 aromatic carbocycles. The second-order valence-electron chi connectivity index (χ2n) is 10.8. The fourth-order valence-electron chi connectivity index (χ4n) is 6.27. The van der Waals surface area contributed by atoms with Gasteiger partial charge in [-0.25, -0.2) is 4.99 Å². The van der Waals surface area contributed by atoms with Crippen molar-refractivity contribution >= 4 is 50.0 Å². The smallest absolute Gasteiger partial charge is 0.155 e. The Balaban J connectivity index is 1.32. The van der Waals surface area contributed by atoms with Crippen molar-refractivity contribution in [3.8, 4) is 11.1 Å². The van der Waals surface area contributed by atoms with E-state index in [0.29, 0.717) is 5.84 Å². The van der Waals surface area contributed by atoms with Crippen LogP contribution in [0.4, 0.5) is 0 Å². The molecule has 7 aromatic rings. The van der Waals surface area contributed by atoms with Gasteiger partial charge in [-0.05, 0) is 47.9 Å². The molecule has 1 aliphatic rings. The van der Waals surface area contributed by atoms with Gasteiger partial charge in [0.15, 0.2) is 5.84 Å². The fraction of sp³-hybridized carbons (Fsp3) is 0.0769. The number of amidine groups is 1. The van der Waals surface area contributed by atoms with Gasteiger partial charge in [0.1, 0.15) is 22.5 Å². The lowest BCUT2D eigenvalue weighted by Crippen LogP contribution is -2.11. The van der Waals surface area contributed by atoms with Crippen LogP contribution in [0.2, 0.25) is 0 Å². The first-order valence-electron chi connectivity index (χ1n) is 14.6. The summed E-state index contributed by atoms with van der Waals surface area (Å²) in [6.45, 7) is 0. The molecule has 0 bridgehead atoms. The van der Waals surface area contributed by atoms with Crippen molar-refractivity contribution < 1.29 is 8.83 Å². The van der Waals surface area contributed by atoms with E-state index in [1.807, 2.05) is 55.6 Å². The zero-order valence-electron chi connectivity index (χ0n) is 23.7. The van der Waals surface area contributed by atoms with Gasteiger partial charge in [-0.15, -0.1) is 0 Å². The summed E-state index contributed by atoms with van der Waals surface area (Å²) in [5, 5.41) is 3.27. The largest absolute Gasteiger partial charge is 0.460 e. The number of hydrogen-bond donors (Lipinski definition) is 0. The summed E-state index contributed by atoms with van der Waals surface area (Å²) in [4.78, 5) is 10.1. The molecule has 2 heterocycles. The third-order valence-electron chi connectivity index (χ3n) is 8.23. The van der Waals surface area contributed by atoms with Crippen molar-refractivity contribution in [3.63, 3.8) is 0 Å². The summed E-state index contributed by atoms with van der Waals surface area (Å²) in [6, 6.07) is 41.6. The summed E-state index contributed by atoms with van der Waals surface area (Å²) < 4.78 is 12.6. The molecule has 0 unspecified atom stereocenters.